The predicted molar refractivity (Wildman–Crippen MR) is 135 cm³/mol. The summed E-state index contributed by atoms with van der Waals surface area (Å²) in [5.41, 5.74) is 4.05. The molecule has 0 spiro atoms. The summed E-state index contributed by atoms with van der Waals surface area (Å²) < 4.78 is 0. The Kier molecular flexibility index (Phi) is 7.73. The fourth-order valence-electron chi connectivity index (χ4n) is 3.50. The van der Waals surface area contributed by atoms with Crippen LogP contribution < -0.4 is 16.0 Å². The molecule has 0 aliphatic rings. The third kappa shape index (κ3) is 5.17. The molecule has 33 heavy (non-hydrogen) atoms. The minimum absolute atomic E-state index is 0. The molecule has 0 saturated heterocycles. The molecule has 0 saturated carbocycles. The van der Waals surface area contributed by atoms with Gasteiger partial charge in [-0.15, -0.1) is 0 Å². The molecule has 0 bridgehead atoms. The molecule has 0 radical (unpaired) electrons. The maximum Gasteiger partial charge on any atom is 0.251 e. The summed E-state index contributed by atoms with van der Waals surface area (Å²) in [6, 6.07) is 9.54. The highest BCUT2D eigenvalue weighted by Gasteiger charge is 2.15. The Balaban J connectivity index is 0.00000306. The van der Waals surface area contributed by atoms with Crippen LogP contribution in [-0.4, -0.2) is 51.5 Å². The SMILES string of the molecule is CNC(=O)c1ccnc2c([C@H](C)CNc3cc(-c4cnc(NC)nc4)ncn3)cccc12.S. The highest BCUT2D eigenvalue weighted by atomic mass is 32.1. The summed E-state index contributed by atoms with van der Waals surface area (Å²) >= 11 is 0. The quantitative estimate of drug-likeness (QED) is 0.383. The molecule has 1 atom stereocenters. The van der Waals surface area contributed by atoms with Gasteiger partial charge in [0.2, 0.25) is 5.95 Å². The molecule has 3 N–H and O–H groups in total. The molecule has 0 aliphatic carbocycles. The van der Waals surface area contributed by atoms with Crippen LogP contribution in [-0.2, 0) is 0 Å². The smallest absolute Gasteiger partial charge is 0.251 e. The Hall–Kier alpha value is -3.79. The number of para-hydroxylation sites is 1. The molecule has 9 nitrogen and oxygen atoms in total. The standard InChI is InChI=1S/C23H24N8O.H2S/c1-14(16-5-4-6-17-18(22(32)24-2)7-8-26-21(16)17)10-27-20-9-19(30-13-31-20)15-11-28-23(25-3)29-12-15;/h4-9,11-14H,10H2,1-3H3,(H,24,32)(H,25,28,29)(H,27,30,31);1H2/t14-;/m1./s1. The molecule has 170 valence electrons. The van der Waals surface area contributed by atoms with Gasteiger partial charge < -0.3 is 16.0 Å². The molecular formula is C23H26N8OS. The van der Waals surface area contributed by atoms with E-state index in [0.717, 1.165) is 27.7 Å². The van der Waals surface area contributed by atoms with Gasteiger partial charge in [0.1, 0.15) is 12.1 Å². The zero-order chi connectivity index (χ0) is 22.5. The summed E-state index contributed by atoms with van der Waals surface area (Å²) in [7, 11) is 3.40. The lowest BCUT2D eigenvalue weighted by Crippen LogP contribution is -2.18. The van der Waals surface area contributed by atoms with Gasteiger partial charge in [-0.2, -0.15) is 13.5 Å². The van der Waals surface area contributed by atoms with E-state index in [1.165, 1.54) is 6.33 Å². The fourth-order valence-corrected chi connectivity index (χ4v) is 3.50. The van der Waals surface area contributed by atoms with Crippen LogP contribution in [0.3, 0.4) is 0 Å². The van der Waals surface area contributed by atoms with Crippen LogP contribution in [0.4, 0.5) is 11.8 Å². The molecular weight excluding hydrogens is 436 g/mol. The van der Waals surface area contributed by atoms with Gasteiger partial charge in [-0.25, -0.2) is 19.9 Å². The zero-order valence-corrected chi connectivity index (χ0v) is 19.6. The van der Waals surface area contributed by atoms with Crippen LogP contribution in [0.25, 0.3) is 22.2 Å². The van der Waals surface area contributed by atoms with E-state index in [1.807, 2.05) is 24.3 Å². The molecule has 4 aromatic rings. The molecule has 3 heterocycles. The first-order valence-electron chi connectivity index (χ1n) is 10.3. The molecule has 4 rings (SSSR count). The van der Waals surface area contributed by atoms with Crippen LogP contribution in [0, 0.1) is 0 Å². The van der Waals surface area contributed by atoms with E-state index in [1.54, 1.807) is 38.8 Å². The Bertz CT molecular complexity index is 1250. The lowest BCUT2D eigenvalue weighted by Gasteiger charge is -2.16. The highest BCUT2D eigenvalue weighted by molar-refractivity contribution is 7.59. The molecule has 1 amide bonds. The number of amides is 1. The van der Waals surface area contributed by atoms with E-state index in [2.05, 4.69) is 47.8 Å². The van der Waals surface area contributed by atoms with Gasteiger partial charge in [0.25, 0.3) is 5.91 Å². The number of hydrogen-bond donors (Lipinski definition) is 3. The third-order valence-electron chi connectivity index (χ3n) is 5.23. The second-order valence-electron chi connectivity index (χ2n) is 7.30. The van der Waals surface area contributed by atoms with E-state index in [-0.39, 0.29) is 25.3 Å². The van der Waals surface area contributed by atoms with Gasteiger partial charge >= 0.3 is 0 Å². The Labute approximate surface area is 199 Å². The van der Waals surface area contributed by atoms with Crippen molar-refractivity contribution in [3.8, 4) is 11.3 Å². The number of carbonyl (C=O) groups excluding carboxylic acids is 1. The number of benzene rings is 1. The fraction of sp³-hybridized carbons (Fsp3) is 0.217. The normalized spacial score (nSPS) is 11.4. The van der Waals surface area contributed by atoms with Crippen LogP contribution in [0.5, 0.6) is 0 Å². The van der Waals surface area contributed by atoms with Crippen molar-refractivity contribution in [1.29, 1.82) is 0 Å². The van der Waals surface area contributed by atoms with Crippen molar-refractivity contribution in [3.63, 3.8) is 0 Å². The largest absolute Gasteiger partial charge is 0.369 e. The van der Waals surface area contributed by atoms with E-state index in [9.17, 15) is 4.79 Å². The van der Waals surface area contributed by atoms with Gasteiger partial charge in [-0.05, 0) is 11.6 Å². The number of carbonyl (C=O) groups is 1. The average molecular weight is 463 g/mol. The third-order valence-corrected chi connectivity index (χ3v) is 5.23. The van der Waals surface area contributed by atoms with Crippen LogP contribution in [0.2, 0.25) is 0 Å². The van der Waals surface area contributed by atoms with Crippen molar-refractivity contribution in [3.05, 3.63) is 66.4 Å². The van der Waals surface area contributed by atoms with Gasteiger partial charge in [0.15, 0.2) is 0 Å². The van der Waals surface area contributed by atoms with Crippen LogP contribution in [0.15, 0.2) is 55.2 Å². The van der Waals surface area contributed by atoms with E-state index < -0.39 is 0 Å². The van der Waals surface area contributed by atoms with Crippen molar-refractivity contribution in [1.82, 2.24) is 30.2 Å². The van der Waals surface area contributed by atoms with E-state index >= 15 is 0 Å². The number of aromatic nitrogens is 5. The number of hydrogen-bond acceptors (Lipinski definition) is 8. The van der Waals surface area contributed by atoms with Gasteiger partial charge in [0.05, 0.1) is 16.8 Å². The van der Waals surface area contributed by atoms with E-state index in [0.29, 0.717) is 23.9 Å². The van der Waals surface area contributed by atoms with E-state index in [4.69, 9.17) is 0 Å². The predicted octanol–water partition coefficient (Wildman–Crippen LogP) is 3.21. The van der Waals surface area contributed by atoms with Crippen LogP contribution in [0.1, 0.15) is 28.8 Å². The lowest BCUT2D eigenvalue weighted by atomic mass is 9.96. The van der Waals surface area contributed by atoms with Crippen molar-refractivity contribution < 1.29 is 4.79 Å². The van der Waals surface area contributed by atoms with Crippen molar-refractivity contribution in [2.45, 2.75) is 12.8 Å². The van der Waals surface area contributed by atoms with Crippen molar-refractivity contribution in [2.24, 2.45) is 0 Å². The number of pyridine rings is 1. The Morgan fingerprint density at radius 3 is 2.55 bits per heavy atom. The average Bonchev–Trinajstić information content (AvgIpc) is 2.86. The molecule has 0 unspecified atom stereocenters. The van der Waals surface area contributed by atoms with Gasteiger partial charge in [-0.1, -0.05) is 25.1 Å². The Morgan fingerprint density at radius 2 is 1.82 bits per heavy atom. The topological polar surface area (TPSA) is 118 Å². The minimum Gasteiger partial charge on any atom is -0.369 e. The van der Waals surface area contributed by atoms with Gasteiger partial charge in [-0.3, -0.25) is 9.78 Å². The summed E-state index contributed by atoms with van der Waals surface area (Å²) in [6.45, 7) is 2.75. The second kappa shape index (κ2) is 10.7. The summed E-state index contributed by atoms with van der Waals surface area (Å²) in [6.07, 6.45) is 6.64. The zero-order valence-electron chi connectivity index (χ0n) is 18.6. The first-order valence-corrected chi connectivity index (χ1v) is 10.3. The molecule has 0 aliphatic heterocycles. The highest BCUT2D eigenvalue weighted by Crippen LogP contribution is 2.27. The molecule has 10 heteroatoms. The van der Waals surface area contributed by atoms with Gasteiger partial charge in [0, 0.05) is 62.2 Å². The molecule has 1 aromatic carbocycles. The number of fused-ring (bicyclic) bond motifs is 1. The minimum atomic E-state index is -0.124. The maximum atomic E-state index is 12.2. The first-order chi connectivity index (χ1) is 15.6. The maximum absolute atomic E-state index is 12.2. The number of anilines is 2. The number of rotatable bonds is 7. The first kappa shape index (κ1) is 23.9. The number of nitrogens with one attached hydrogen (secondary N) is 3. The lowest BCUT2D eigenvalue weighted by molar-refractivity contribution is 0.0964. The number of nitrogens with zero attached hydrogens (tertiary/aromatic N) is 5. The van der Waals surface area contributed by atoms with Crippen LogP contribution >= 0.6 is 13.5 Å². The summed E-state index contributed by atoms with van der Waals surface area (Å²) in [4.78, 5) is 33.9. The monoisotopic (exact) mass is 462 g/mol. The summed E-state index contributed by atoms with van der Waals surface area (Å²) in [5.74, 6) is 1.26. The summed E-state index contributed by atoms with van der Waals surface area (Å²) in [5, 5.41) is 9.80. The second-order valence-corrected chi connectivity index (χ2v) is 7.30. The van der Waals surface area contributed by atoms with Crippen molar-refractivity contribution >= 4 is 42.1 Å². The Morgan fingerprint density at radius 1 is 1.03 bits per heavy atom. The molecule has 0 fully saturated rings. The van der Waals surface area contributed by atoms with Crippen molar-refractivity contribution in [2.75, 3.05) is 31.3 Å². The molecule has 3 aromatic heterocycles.